The fourth-order valence-electron chi connectivity index (χ4n) is 3.31. The number of hydrogen-bond donors (Lipinski definition) is 4. The molecule has 5 atom stereocenters. The maximum absolute atomic E-state index is 11.5. The van der Waals surface area contributed by atoms with Crippen molar-refractivity contribution in [2.24, 2.45) is 0 Å². The van der Waals surface area contributed by atoms with Crippen LogP contribution in [0.2, 0.25) is 0 Å². The van der Waals surface area contributed by atoms with E-state index in [0.29, 0.717) is 11.1 Å². The van der Waals surface area contributed by atoms with E-state index in [9.17, 15) is 30.2 Å². The standard InChI is InChI=1S/C17H24N2O8/c1-7-5-8(2)16(9(3)13(7)19(24)25)27-17-12(18-10(4)21)15(23)14(22)11(6-20)26-17/h5,11-12,14-15,17,20,22-23H,6H2,1-4H3,(H,18,21)/t11-,12-,14-,15-,17+/m1/s1. The Labute approximate surface area is 155 Å². The highest BCUT2D eigenvalue weighted by molar-refractivity contribution is 5.73. The van der Waals surface area contributed by atoms with Crippen LogP contribution in [0.25, 0.3) is 0 Å². The van der Waals surface area contributed by atoms with Crippen LogP contribution in [0.5, 0.6) is 5.75 Å². The quantitative estimate of drug-likeness (QED) is 0.404. The van der Waals surface area contributed by atoms with Crippen molar-refractivity contribution in [1.29, 1.82) is 0 Å². The molecule has 0 radical (unpaired) electrons. The van der Waals surface area contributed by atoms with E-state index in [1.54, 1.807) is 19.9 Å². The summed E-state index contributed by atoms with van der Waals surface area (Å²) in [4.78, 5) is 22.3. The lowest BCUT2D eigenvalue weighted by Crippen LogP contribution is -2.65. The fourth-order valence-corrected chi connectivity index (χ4v) is 3.31. The van der Waals surface area contributed by atoms with Crippen LogP contribution < -0.4 is 10.1 Å². The molecular weight excluding hydrogens is 360 g/mol. The molecule has 1 heterocycles. The summed E-state index contributed by atoms with van der Waals surface area (Å²) < 4.78 is 11.3. The molecule has 0 unspecified atom stereocenters. The molecule has 1 aromatic carbocycles. The minimum absolute atomic E-state index is 0.109. The highest BCUT2D eigenvalue weighted by Gasteiger charge is 2.46. The normalized spacial score (nSPS) is 27.9. The Morgan fingerprint density at radius 3 is 2.44 bits per heavy atom. The minimum atomic E-state index is -1.47. The molecule has 27 heavy (non-hydrogen) atoms. The summed E-state index contributed by atoms with van der Waals surface area (Å²) in [6.45, 7) is 5.47. The monoisotopic (exact) mass is 384 g/mol. The molecule has 150 valence electrons. The van der Waals surface area contributed by atoms with Crippen LogP contribution in [-0.4, -0.2) is 63.4 Å². The van der Waals surface area contributed by atoms with Crippen molar-refractivity contribution in [1.82, 2.24) is 5.32 Å². The Morgan fingerprint density at radius 1 is 1.30 bits per heavy atom. The van der Waals surface area contributed by atoms with Crippen LogP contribution >= 0.6 is 0 Å². The minimum Gasteiger partial charge on any atom is -0.462 e. The van der Waals surface area contributed by atoms with Crippen molar-refractivity contribution in [2.75, 3.05) is 6.61 Å². The van der Waals surface area contributed by atoms with Crippen LogP contribution in [-0.2, 0) is 9.53 Å². The van der Waals surface area contributed by atoms with Gasteiger partial charge in [-0.3, -0.25) is 14.9 Å². The number of nitrogens with zero attached hydrogens (tertiary/aromatic N) is 1. The van der Waals surface area contributed by atoms with Crippen molar-refractivity contribution in [3.63, 3.8) is 0 Å². The summed E-state index contributed by atoms with van der Waals surface area (Å²) in [5.74, 6) is -0.317. The Bertz CT molecular complexity index is 738. The number of nitro groups is 1. The van der Waals surface area contributed by atoms with Crippen LogP contribution in [0.3, 0.4) is 0 Å². The lowest BCUT2D eigenvalue weighted by molar-refractivity contribution is -0.386. The molecule has 0 aromatic heterocycles. The smallest absolute Gasteiger partial charge is 0.278 e. The summed E-state index contributed by atoms with van der Waals surface area (Å²) >= 11 is 0. The summed E-state index contributed by atoms with van der Waals surface area (Å²) in [6.07, 6.45) is -5.33. The third-order valence-corrected chi connectivity index (χ3v) is 4.53. The topological polar surface area (TPSA) is 151 Å². The lowest BCUT2D eigenvalue weighted by atomic mass is 9.96. The SMILES string of the molecule is CC(=O)N[C@H]1[C@H](Oc2c(C)cc(C)c([N+](=O)[O-])c2C)O[C@H](CO)[C@@H](O)[C@@H]1O. The number of ether oxygens (including phenoxy) is 2. The molecule has 4 N–H and O–H groups in total. The van der Waals surface area contributed by atoms with Gasteiger partial charge in [0.1, 0.15) is 30.1 Å². The molecule has 10 nitrogen and oxygen atoms in total. The second kappa shape index (κ2) is 8.17. The number of rotatable bonds is 5. The number of aliphatic hydroxyl groups is 3. The zero-order chi connectivity index (χ0) is 20.5. The largest absolute Gasteiger partial charge is 0.462 e. The number of nitro benzene ring substituents is 1. The Hall–Kier alpha value is -2.27. The van der Waals surface area contributed by atoms with Gasteiger partial charge in [0.25, 0.3) is 5.69 Å². The number of carbonyl (C=O) groups is 1. The predicted molar refractivity (Wildman–Crippen MR) is 93.3 cm³/mol. The van der Waals surface area contributed by atoms with Gasteiger partial charge in [0.15, 0.2) is 0 Å². The molecule has 1 aliphatic heterocycles. The second-order valence-corrected chi connectivity index (χ2v) is 6.62. The summed E-state index contributed by atoms with van der Waals surface area (Å²) in [5.41, 5.74) is 1.22. The average molecular weight is 384 g/mol. The van der Waals surface area contributed by atoms with Crippen molar-refractivity contribution >= 4 is 11.6 Å². The zero-order valence-corrected chi connectivity index (χ0v) is 15.5. The van der Waals surface area contributed by atoms with Crippen molar-refractivity contribution < 1.29 is 34.5 Å². The number of carbonyl (C=O) groups excluding carboxylic acids is 1. The number of amides is 1. The van der Waals surface area contributed by atoms with Gasteiger partial charge in [-0.05, 0) is 32.4 Å². The summed E-state index contributed by atoms with van der Waals surface area (Å²) in [7, 11) is 0. The van der Waals surface area contributed by atoms with Gasteiger partial charge in [-0.15, -0.1) is 0 Å². The Balaban J connectivity index is 2.44. The van der Waals surface area contributed by atoms with E-state index in [0.717, 1.165) is 0 Å². The van der Waals surface area contributed by atoms with Crippen LogP contribution in [0.1, 0.15) is 23.6 Å². The molecule has 10 heteroatoms. The Kier molecular flexibility index (Phi) is 6.37. The number of benzene rings is 1. The van der Waals surface area contributed by atoms with Gasteiger partial charge >= 0.3 is 0 Å². The zero-order valence-electron chi connectivity index (χ0n) is 15.5. The number of aryl methyl sites for hydroxylation is 2. The van der Waals surface area contributed by atoms with E-state index >= 15 is 0 Å². The second-order valence-electron chi connectivity index (χ2n) is 6.62. The Morgan fingerprint density at radius 2 is 1.93 bits per heavy atom. The first-order chi connectivity index (χ1) is 12.6. The maximum Gasteiger partial charge on any atom is 0.278 e. The van der Waals surface area contributed by atoms with E-state index in [4.69, 9.17) is 9.47 Å². The van der Waals surface area contributed by atoms with Gasteiger partial charge in [-0.2, -0.15) is 0 Å². The highest BCUT2D eigenvalue weighted by Crippen LogP contribution is 2.36. The third kappa shape index (κ3) is 4.19. The van der Waals surface area contributed by atoms with Crippen molar-refractivity contribution in [3.05, 3.63) is 32.9 Å². The first-order valence-corrected chi connectivity index (χ1v) is 8.39. The highest BCUT2D eigenvalue weighted by atomic mass is 16.7. The van der Waals surface area contributed by atoms with Gasteiger partial charge in [0, 0.05) is 12.5 Å². The lowest BCUT2D eigenvalue weighted by Gasteiger charge is -2.42. The molecule has 0 spiro atoms. The van der Waals surface area contributed by atoms with E-state index in [-0.39, 0.29) is 17.0 Å². The maximum atomic E-state index is 11.5. The van der Waals surface area contributed by atoms with Gasteiger partial charge in [-0.25, -0.2) is 0 Å². The molecular formula is C17H24N2O8. The molecule has 0 saturated carbocycles. The molecule has 1 fully saturated rings. The molecule has 1 amide bonds. The molecule has 0 bridgehead atoms. The number of nitrogens with one attached hydrogen (secondary N) is 1. The third-order valence-electron chi connectivity index (χ3n) is 4.53. The molecule has 1 aliphatic rings. The van der Waals surface area contributed by atoms with Crippen LogP contribution in [0.15, 0.2) is 6.07 Å². The van der Waals surface area contributed by atoms with E-state index in [1.165, 1.54) is 13.8 Å². The fraction of sp³-hybridized carbons (Fsp3) is 0.588. The van der Waals surface area contributed by atoms with E-state index in [1.807, 2.05) is 0 Å². The van der Waals surface area contributed by atoms with Gasteiger partial charge in [-0.1, -0.05) is 0 Å². The van der Waals surface area contributed by atoms with Crippen molar-refractivity contribution in [2.45, 2.75) is 58.3 Å². The first kappa shape index (κ1) is 21.0. The van der Waals surface area contributed by atoms with Gasteiger partial charge in [0.05, 0.1) is 17.1 Å². The van der Waals surface area contributed by atoms with Gasteiger partial charge in [0.2, 0.25) is 12.2 Å². The predicted octanol–water partition coefficient (Wildman–Crippen LogP) is -0.157. The van der Waals surface area contributed by atoms with Crippen molar-refractivity contribution in [3.8, 4) is 5.75 Å². The average Bonchev–Trinajstić information content (AvgIpc) is 2.56. The molecule has 1 saturated heterocycles. The number of hydrogen-bond acceptors (Lipinski definition) is 8. The van der Waals surface area contributed by atoms with E-state index in [2.05, 4.69) is 5.32 Å². The summed E-state index contributed by atoms with van der Waals surface area (Å²) in [6, 6.07) is 0.449. The molecule has 0 aliphatic carbocycles. The van der Waals surface area contributed by atoms with E-state index < -0.39 is 48.1 Å². The van der Waals surface area contributed by atoms with Crippen LogP contribution in [0.4, 0.5) is 5.69 Å². The molecule has 2 rings (SSSR count). The number of aliphatic hydroxyl groups excluding tert-OH is 3. The van der Waals surface area contributed by atoms with Crippen LogP contribution in [0, 0.1) is 30.9 Å². The summed E-state index contributed by atoms with van der Waals surface area (Å²) in [5, 5.41) is 43.5. The molecule has 1 aromatic rings. The first-order valence-electron chi connectivity index (χ1n) is 8.39. The van der Waals surface area contributed by atoms with Gasteiger partial charge < -0.3 is 30.1 Å².